The second-order valence-electron chi connectivity index (χ2n) is 10.4. The van der Waals surface area contributed by atoms with Gasteiger partial charge in [0.05, 0.1) is 18.8 Å². The number of rotatable bonds is 26. The molecule has 0 saturated heterocycles. The number of aliphatic hydroxyl groups is 4. The molecule has 0 saturated carbocycles. The van der Waals surface area contributed by atoms with Gasteiger partial charge in [0.1, 0.15) is 12.2 Å². The highest BCUT2D eigenvalue weighted by atomic mass is 16.3. The van der Waals surface area contributed by atoms with Crippen LogP contribution in [-0.4, -0.2) is 57.3 Å². The van der Waals surface area contributed by atoms with E-state index < -0.39 is 36.9 Å². The summed E-state index contributed by atoms with van der Waals surface area (Å²) in [5, 5.41) is 43.0. The molecule has 1 amide bonds. The van der Waals surface area contributed by atoms with Crippen LogP contribution in [0.4, 0.5) is 0 Å². The third kappa shape index (κ3) is 22.8. The number of amides is 1. The van der Waals surface area contributed by atoms with E-state index in [9.17, 15) is 25.2 Å². The smallest absolute Gasteiger partial charge is 0.249 e. The summed E-state index contributed by atoms with van der Waals surface area (Å²) in [5.41, 5.74) is 0. The number of hydrogen-bond acceptors (Lipinski definition) is 5. The number of aliphatic hydroxyl groups excluding tert-OH is 4. The average molecular weight is 550 g/mol. The molecule has 5 N–H and O–H groups in total. The van der Waals surface area contributed by atoms with Crippen LogP contribution in [0.15, 0.2) is 48.6 Å². The Balaban J connectivity index is 4.04. The molecule has 0 spiro atoms. The van der Waals surface area contributed by atoms with Gasteiger partial charge in [0.2, 0.25) is 5.91 Å². The summed E-state index contributed by atoms with van der Waals surface area (Å²) in [6.07, 6.45) is 29.9. The predicted molar refractivity (Wildman–Crippen MR) is 163 cm³/mol. The van der Waals surface area contributed by atoms with E-state index in [0.717, 1.165) is 70.6 Å². The van der Waals surface area contributed by atoms with Crippen molar-refractivity contribution < 1.29 is 25.2 Å². The first-order valence-electron chi connectivity index (χ1n) is 15.5. The van der Waals surface area contributed by atoms with Crippen LogP contribution >= 0.6 is 0 Å². The molecule has 6 nitrogen and oxygen atoms in total. The molecule has 0 bridgehead atoms. The van der Waals surface area contributed by atoms with Gasteiger partial charge in [0, 0.05) is 0 Å². The van der Waals surface area contributed by atoms with Gasteiger partial charge in [0.25, 0.3) is 0 Å². The minimum atomic E-state index is -1.29. The van der Waals surface area contributed by atoms with Gasteiger partial charge in [0.15, 0.2) is 0 Å². The van der Waals surface area contributed by atoms with E-state index in [1.165, 1.54) is 19.3 Å². The number of nitrogens with one attached hydrogen (secondary N) is 1. The van der Waals surface area contributed by atoms with Crippen LogP contribution in [-0.2, 0) is 4.79 Å². The molecule has 4 unspecified atom stereocenters. The third-order valence-corrected chi connectivity index (χ3v) is 6.70. The van der Waals surface area contributed by atoms with Gasteiger partial charge in [-0.1, -0.05) is 94.6 Å². The van der Waals surface area contributed by atoms with E-state index in [2.05, 4.69) is 67.8 Å². The molecule has 6 heteroatoms. The lowest BCUT2D eigenvalue weighted by molar-refractivity contribution is -0.132. The van der Waals surface area contributed by atoms with Gasteiger partial charge in [-0.3, -0.25) is 4.79 Å². The molecule has 0 aliphatic heterocycles. The average Bonchev–Trinajstić information content (AvgIpc) is 2.94. The summed E-state index contributed by atoms with van der Waals surface area (Å²) in [4.78, 5) is 12.3. The molecule has 0 fully saturated rings. The fourth-order valence-electron chi connectivity index (χ4n) is 4.13. The SMILES string of the molecule is CCC/C=C/CC/C=C/CC/C=C/CCCC(O)C(O)C(CO)NC(=O)C(O)CCCCC/C=C\CCCC. The first kappa shape index (κ1) is 37.3. The summed E-state index contributed by atoms with van der Waals surface area (Å²) in [6, 6.07) is -1.01. The fourth-order valence-corrected chi connectivity index (χ4v) is 4.13. The van der Waals surface area contributed by atoms with Crippen LogP contribution in [0.25, 0.3) is 0 Å². The first-order chi connectivity index (χ1) is 19.0. The Morgan fingerprint density at radius 3 is 1.67 bits per heavy atom. The van der Waals surface area contributed by atoms with Crippen LogP contribution in [0, 0.1) is 0 Å². The van der Waals surface area contributed by atoms with Crippen LogP contribution in [0.2, 0.25) is 0 Å². The second-order valence-corrected chi connectivity index (χ2v) is 10.4. The van der Waals surface area contributed by atoms with Crippen molar-refractivity contribution >= 4 is 5.91 Å². The summed E-state index contributed by atoms with van der Waals surface area (Å²) < 4.78 is 0. The van der Waals surface area contributed by atoms with Crippen molar-refractivity contribution in [2.24, 2.45) is 0 Å². The summed E-state index contributed by atoms with van der Waals surface area (Å²) in [7, 11) is 0. The molecule has 39 heavy (non-hydrogen) atoms. The highest BCUT2D eigenvalue weighted by Crippen LogP contribution is 2.11. The topological polar surface area (TPSA) is 110 Å². The maximum Gasteiger partial charge on any atom is 0.249 e. The Morgan fingerprint density at radius 2 is 1.13 bits per heavy atom. The Kier molecular flexibility index (Phi) is 26.6. The monoisotopic (exact) mass is 549 g/mol. The molecule has 0 aromatic carbocycles. The Bertz CT molecular complexity index is 673. The van der Waals surface area contributed by atoms with Gasteiger partial charge >= 0.3 is 0 Å². The number of hydrogen-bond donors (Lipinski definition) is 5. The molecule has 0 heterocycles. The van der Waals surface area contributed by atoms with Gasteiger partial charge in [-0.15, -0.1) is 0 Å². The normalized spacial score (nSPS) is 15.5. The van der Waals surface area contributed by atoms with E-state index in [1.54, 1.807) is 0 Å². The molecule has 0 rings (SSSR count). The van der Waals surface area contributed by atoms with E-state index >= 15 is 0 Å². The standard InChI is InChI=1S/C33H59NO5/c1-3-5-7-9-11-13-14-15-16-17-19-20-22-24-26-30(36)32(38)29(28-35)34-33(39)31(37)27-25-23-21-18-12-10-8-6-4-2/h7,9-10,12,14-15,19-20,29-32,35-38H,3-6,8,11,13,16-18,21-28H2,1-2H3,(H,34,39)/b9-7+,12-10-,15-14+,20-19+. The molecule has 226 valence electrons. The summed E-state index contributed by atoms with van der Waals surface area (Å²) >= 11 is 0. The van der Waals surface area contributed by atoms with E-state index in [0.29, 0.717) is 19.3 Å². The van der Waals surface area contributed by atoms with E-state index in [1.807, 2.05) is 0 Å². The Labute approximate surface area is 239 Å². The minimum Gasteiger partial charge on any atom is -0.394 e. The van der Waals surface area contributed by atoms with Crippen molar-refractivity contribution in [3.63, 3.8) is 0 Å². The summed E-state index contributed by atoms with van der Waals surface area (Å²) in [6.45, 7) is 3.85. The number of allylic oxidation sites excluding steroid dienone is 8. The van der Waals surface area contributed by atoms with Crippen LogP contribution in [0.5, 0.6) is 0 Å². The Morgan fingerprint density at radius 1 is 0.615 bits per heavy atom. The molecule has 0 radical (unpaired) electrons. The lowest BCUT2D eigenvalue weighted by Crippen LogP contribution is -2.53. The van der Waals surface area contributed by atoms with Crippen molar-refractivity contribution in [1.82, 2.24) is 5.32 Å². The highest BCUT2D eigenvalue weighted by Gasteiger charge is 2.28. The zero-order chi connectivity index (χ0) is 29.0. The highest BCUT2D eigenvalue weighted by molar-refractivity contribution is 5.80. The predicted octanol–water partition coefficient (Wildman–Crippen LogP) is 6.44. The largest absolute Gasteiger partial charge is 0.394 e. The molecular weight excluding hydrogens is 490 g/mol. The van der Waals surface area contributed by atoms with Crippen LogP contribution < -0.4 is 5.32 Å². The lowest BCUT2D eigenvalue weighted by atomic mass is 10.00. The molecule has 0 aromatic heterocycles. The molecule has 0 aliphatic carbocycles. The molecular formula is C33H59NO5. The van der Waals surface area contributed by atoms with Crippen molar-refractivity contribution in [2.45, 2.75) is 147 Å². The molecule has 0 aromatic rings. The van der Waals surface area contributed by atoms with Crippen molar-refractivity contribution in [2.75, 3.05) is 6.61 Å². The van der Waals surface area contributed by atoms with Crippen molar-refractivity contribution in [3.8, 4) is 0 Å². The van der Waals surface area contributed by atoms with Crippen molar-refractivity contribution in [1.29, 1.82) is 0 Å². The number of carbonyl (C=O) groups is 1. The zero-order valence-electron chi connectivity index (χ0n) is 24.9. The van der Waals surface area contributed by atoms with Gasteiger partial charge in [-0.25, -0.2) is 0 Å². The quantitative estimate of drug-likeness (QED) is 0.0630. The zero-order valence-corrected chi connectivity index (χ0v) is 24.9. The minimum absolute atomic E-state index is 0.334. The Hall–Kier alpha value is -1.73. The maximum atomic E-state index is 12.3. The maximum absolute atomic E-state index is 12.3. The first-order valence-corrected chi connectivity index (χ1v) is 15.5. The van der Waals surface area contributed by atoms with Gasteiger partial charge in [-0.2, -0.15) is 0 Å². The fraction of sp³-hybridized carbons (Fsp3) is 0.727. The third-order valence-electron chi connectivity index (χ3n) is 6.70. The number of unbranched alkanes of at least 4 members (excludes halogenated alkanes) is 9. The van der Waals surface area contributed by atoms with Crippen LogP contribution in [0.3, 0.4) is 0 Å². The van der Waals surface area contributed by atoms with Crippen molar-refractivity contribution in [3.05, 3.63) is 48.6 Å². The lowest BCUT2D eigenvalue weighted by Gasteiger charge is -2.27. The van der Waals surface area contributed by atoms with Crippen LogP contribution in [0.1, 0.15) is 123 Å². The molecule has 4 atom stereocenters. The van der Waals surface area contributed by atoms with E-state index in [-0.39, 0.29) is 0 Å². The molecule has 0 aliphatic rings. The number of carbonyl (C=O) groups excluding carboxylic acids is 1. The second kappa shape index (κ2) is 27.8. The van der Waals surface area contributed by atoms with E-state index in [4.69, 9.17) is 0 Å². The van der Waals surface area contributed by atoms with Gasteiger partial charge in [-0.05, 0) is 77.0 Å². The van der Waals surface area contributed by atoms with Gasteiger partial charge < -0.3 is 25.7 Å². The summed E-state index contributed by atoms with van der Waals surface area (Å²) in [5.74, 6) is -0.621.